The zero-order valence-electron chi connectivity index (χ0n) is 13.3. The van der Waals surface area contributed by atoms with Crippen molar-refractivity contribution in [1.29, 1.82) is 0 Å². The molecule has 4 nitrogen and oxygen atoms in total. The van der Waals surface area contributed by atoms with Gasteiger partial charge < -0.3 is 9.32 Å². The van der Waals surface area contributed by atoms with Crippen LogP contribution in [0.2, 0.25) is 0 Å². The molecule has 1 aromatic carbocycles. The molecule has 1 unspecified atom stereocenters. The number of nitrogens with zero attached hydrogens (tertiary/aromatic N) is 2. The Morgan fingerprint density at radius 3 is 3.04 bits per heavy atom. The van der Waals surface area contributed by atoms with Gasteiger partial charge in [-0.1, -0.05) is 25.1 Å². The minimum Gasteiger partial charge on any atom is -0.445 e. The number of rotatable bonds is 4. The van der Waals surface area contributed by atoms with Crippen LogP contribution in [0, 0.1) is 5.82 Å². The number of hydrogen-bond donors (Lipinski definition) is 0. The lowest BCUT2D eigenvalue weighted by atomic mass is 9.98. The standard InChI is InChI=1S/C18H21FN2O2/c1-2-17(22)21-9-5-7-14(12-21)18-20-11-15(23-18)10-13-6-3-4-8-16(13)19/h3-4,6,8,11,14H,2,5,7,9-10,12H2,1H3. The van der Waals surface area contributed by atoms with Crippen molar-refractivity contribution in [3.8, 4) is 0 Å². The van der Waals surface area contributed by atoms with Gasteiger partial charge >= 0.3 is 0 Å². The maximum Gasteiger partial charge on any atom is 0.222 e. The van der Waals surface area contributed by atoms with E-state index in [1.807, 2.05) is 17.9 Å². The molecule has 1 aliphatic rings. The van der Waals surface area contributed by atoms with Crippen molar-refractivity contribution < 1.29 is 13.6 Å². The van der Waals surface area contributed by atoms with Crippen molar-refractivity contribution in [2.75, 3.05) is 13.1 Å². The van der Waals surface area contributed by atoms with Gasteiger partial charge in [-0.2, -0.15) is 0 Å². The number of likely N-dealkylation sites (tertiary alicyclic amines) is 1. The Balaban J connectivity index is 1.69. The first kappa shape index (κ1) is 15.7. The van der Waals surface area contributed by atoms with Crippen LogP contribution in [0.4, 0.5) is 4.39 Å². The summed E-state index contributed by atoms with van der Waals surface area (Å²) in [5.41, 5.74) is 0.599. The Labute approximate surface area is 135 Å². The SMILES string of the molecule is CCC(=O)N1CCCC(c2ncc(Cc3ccccc3F)o2)C1. The van der Waals surface area contributed by atoms with Crippen LogP contribution in [-0.4, -0.2) is 28.9 Å². The van der Waals surface area contributed by atoms with Crippen LogP contribution in [0.5, 0.6) is 0 Å². The van der Waals surface area contributed by atoms with E-state index in [0.29, 0.717) is 36.6 Å². The van der Waals surface area contributed by atoms with Gasteiger partial charge in [0.1, 0.15) is 11.6 Å². The Morgan fingerprint density at radius 1 is 1.43 bits per heavy atom. The zero-order chi connectivity index (χ0) is 16.2. The van der Waals surface area contributed by atoms with E-state index >= 15 is 0 Å². The molecule has 0 saturated carbocycles. The van der Waals surface area contributed by atoms with Gasteiger partial charge in [0.2, 0.25) is 5.91 Å². The summed E-state index contributed by atoms with van der Waals surface area (Å²) < 4.78 is 19.5. The Morgan fingerprint density at radius 2 is 2.26 bits per heavy atom. The molecule has 23 heavy (non-hydrogen) atoms. The van der Waals surface area contributed by atoms with Gasteiger partial charge in [-0.25, -0.2) is 9.37 Å². The second-order valence-corrected chi connectivity index (χ2v) is 5.97. The van der Waals surface area contributed by atoms with E-state index in [4.69, 9.17) is 4.42 Å². The minimum atomic E-state index is -0.233. The third-order valence-corrected chi connectivity index (χ3v) is 4.32. The number of aromatic nitrogens is 1. The van der Waals surface area contributed by atoms with Crippen LogP contribution in [0.1, 0.15) is 49.3 Å². The molecule has 1 atom stereocenters. The third-order valence-electron chi connectivity index (χ3n) is 4.32. The first-order chi connectivity index (χ1) is 11.2. The molecule has 0 bridgehead atoms. The predicted octanol–water partition coefficient (Wildman–Crippen LogP) is 3.52. The first-order valence-electron chi connectivity index (χ1n) is 8.13. The van der Waals surface area contributed by atoms with Crippen molar-refractivity contribution in [3.63, 3.8) is 0 Å². The van der Waals surface area contributed by atoms with Gasteiger partial charge in [-0.15, -0.1) is 0 Å². The fourth-order valence-electron chi connectivity index (χ4n) is 3.05. The van der Waals surface area contributed by atoms with Crippen LogP contribution in [-0.2, 0) is 11.2 Å². The molecule has 1 fully saturated rings. The summed E-state index contributed by atoms with van der Waals surface area (Å²) >= 11 is 0. The smallest absolute Gasteiger partial charge is 0.222 e. The number of piperidine rings is 1. The van der Waals surface area contributed by atoms with Crippen LogP contribution < -0.4 is 0 Å². The number of hydrogen-bond acceptors (Lipinski definition) is 3. The summed E-state index contributed by atoms with van der Waals surface area (Å²) in [5, 5.41) is 0. The Kier molecular flexibility index (Phi) is 4.74. The maximum atomic E-state index is 13.7. The molecule has 5 heteroatoms. The molecule has 0 radical (unpaired) electrons. The van der Waals surface area contributed by atoms with Crippen LogP contribution >= 0.6 is 0 Å². The summed E-state index contributed by atoms with van der Waals surface area (Å²) in [4.78, 5) is 18.1. The molecule has 1 aliphatic heterocycles. The first-order valence-corrected chi connectivity index (χ1v) is 8.13. The van der Waals surface area contributed by atoms with E-state index in [2.05, 4.69) is 4.98 Å². The number of oxazole rings is 1. The highest BCUT2D eigenvalue weighted by atomic mass is 19.1. The van der Waals surface area contributed by atoms with Crippen molar-refractivity contribution in [2.24, 2.45) is 0 Å². The second kappa shape index (κ2) is 6.94. The highest BCUT2D eigenvalue weighted by Crippen LogP contribution is 2.27. The van der Waals surface area contributed by atoms with Crippen LogP contribution in [0.3, 0.4) is 0 Å². The summed E-state index contributed by atoms with van der Waals surface area (Å²) in [6.07, 6.45) is 4.51. The fraction of sp³-hybridized carbons (Fsp3) is 0.444. The van der Waals surface area contributed by atoms with Gasteiger partial charge in [0.05, 0.1) is 12.1 Å². The molecule has 1 aromatic heterocycles. The third kappa shape index (κ3) is 3.60. The molecule has 0 N–H and O–H groups in total. The largest absolute Gasteiger partial charge is 0.445 e. The second-order valence-electron chi connectivity index (χ2n) is 5.97. The van der Waals surface area contributed by atoms with E-state index in [9.17, 15) is 9.18 Å². The average molecular weight is 316 g/mol. The monoisotopic (exact) mass is 316 g/mol. The lowest BCUT2D eigenvalue weighted by Crippen LogP contribution is -2.38. The zero-order valence-corrected chi connectivity index (χ0v) is 13.3. The van der Waals surface area contributed by atoms with Gasteiger partial charge in [0, 0.05) is 25.9 Å². The Bertz CT molecular complexity index is 683. The molecule has 0 aliphatic carbocycles. The fourth-order valence-corrected chi connectivity index (χ4v) is 3.05. The number of amides is 1. The summed E-state index contributed by atoms with van der Waals surface area (Å²) in [7, 11) is 0. The van der Waals surface area contributed by atoms with Crippen molar-refractivity contribution in [2.45, 2.75) is 38.5 Å². The van der Waals surface area contributed by atoms with E-state index in [1.54, 1.807) is 18.3 Å². The predicted molar refractivity (Wildman–Crippen MR) is 84.6 cm³/mol. The van der Waals surface area contributed by atoms with E-state index in [-0.39, 0.29) is 17.6 Å². The van der Waals surface area contributed by atoms with E-state index in [1.165, 1.54) is 6.07 Å². The lowest BCUT2D eigenvalue weighted by molar-refractivity contribution is -0.132. The molecule has 1 amide bonds. The molecular weight excluding hydrogens is 295 g/mol. The van der Waals surface area contributed by atoms with Crippen molar-refractivity contribution >= 4 is 5.91 Å². The van der Waals surface area contributed by atoms with Gasteiger partial charge in [0.15, 0.2) is 5.89 Å². The van der Waals surface area contributed by atoms with E-state index < -0.39 is 0 Å². The number of benzene rings is 1. The van der Waals surface area contributed by atoms with E-state index in [0.717, 1.165) is 19.4 Å². The minimum absolute atomic E-state index is 0.133. The molecule has 1 saturated heterocycles. The molecular formula is C18H21FN2O2. The molecule has 2 heterocycles. The molecule has 0 spiro atoms. The molecule has 3 rings (SSSR count). The van der Waals surface area contributed by atoms with Gasteiger partial charge in [0.25, 0.3) is 0 Å². The summed E-state index contributed by atoms with van der Waals surface area (Å²) in [6, 6.07) is 6.68. The van der Waals surface area contributed by atoms with Gasteiger partial charge in [-0.05, 0) is 24.5 Å². The van der Waals surface area contributed by atoms with Crippen LogP contribution in [0.25, 0.3) is 0 Å². The number of carbonyl (C=O) groups is 1. The highest BCUT2D eigenvalue weighted by Gasteiger charge is 2.27. The van der Waals surface area contributed by atoms with Crippen molar-refractivity contribution in [1.82, 2.24) is 9.88 Å². The number of carbonyl (C=O) groups excluding carboxylic acids is 1. The average Bonchev–Trinajstić information content (AvgIpc) is 3.05. The van der Waals surface area contributed by atoms with Crippen LogP contribution in [0.15, 0.2) is 34.9 Å². The Hall–Kier alpha value is -2.17. The van der Waals surface area contributed by atoms with Gasteiger partial charge in [-0.3, -0.25) is 4.79 Å². The van der Waals surface area contributed by atoms with Crippen molar-refractivity contribution in [3.05, 3.63) is 53.5 Å². The molecule has 122 valence electrons. The topological polar surface area (TPSA) is 46.3 Å². The highest BCUT2D eigenvalue weighted by molar-refractivity contribution is 5.75. The summed E-state index contributed by atoms with van der Waals surface area (Å²) in [6.45, 7) is 3.35. The lowest BCUT2D eigenvalue weighted by Gasteiger charge is -2.31. The normalized spacial score (nSPS) is 18.2. The summed E-state index contributed by atoms with van der Waals surface area (Å²) in [5.74, 6) is 1.39. The molecule has 2 aromatic rings. The maximum absolute atomic E-state index is 13.7. The quantitative estimate of drug-likeness (QED) is 0.867. The number of halogens is 1.